The van der Waals surface area contributed by atoms with E-state index in [1.165, 1.54) is 11.4 Å². The van der Waals surface area contributed by atoms with Crippen molar-refractivity contribution < 1.29 is 0 Å². The summed E-state index contributed by atoms with van der Waals surface area (Å²) in [6.45, 7) is 6.02. The van der Waals surface area contributed by atoms with Gasteiger partial charge in [0.25, 0.3) is 0 Å². The van der Waals surface area contributed by atoms with E-state index in [2.05, 4.69) is 49.7 Å². The molecular formula is C19H20ClN. The number of rotatable bonds is 5. The first-order chi connectivity index (χ1) is 10.2. The maximum atomic E-state index is 6.24. The SMILES string of the molecule is C=Cc1c(Cl)cccc1/C=C(/CC)N(C)c1ccccc1. The van der Waals surface area contributed by atoms with Gasteiger partial charge in [-0.3, -0.25) is 0 Å². The predicted molar refractivity (Wildman–Crippen MR) is 94.7 cm³/mol. The van der Waals surface area contributed by atoms with E-state index < -0.39 is 0 Å². The van der Waals surface area contributed by atoms with Crippen molar-refractivity contribution in [1.29, 1.82) is 0 Å². The molecule has 0 aliphatic rings. The van der Waals surface area contributed by atoms with E-state index in [0.29, 0.717) is 0 Å². The molecule has 0 radical (unpaired) electrons. The first kappa shape index (κ1) is 15.4. The third kappa shape index (κ3) is 3.56. The summed E-state index contributed by atoms with van der Waals surface area (Å²) in [4.78, 5) is 2.20. The molecule has 0 aromatic heterocycles. The molecule has 2 heteroatoms. The largest absolute Gasteiger partial charge is 0.348 e. The molecule has 0 saturated carbocycles. The molecule has 2 aromatic rings. The highest BCUT2D eigenvalue weighted by molar-refractivity contribution is 6.32. The fraction of sp³-hybridized carbons (Fsp3) is 0.158. The van der Waals surface area contributed by atoms with Crippen LogP contribution in [0.25, 0.3) is 12.2 Å². The molecule has 0 N–H and O–H groups in total. The smallest absolute Gasteiger partial charge is 0.0484 e. The van der Waals surface area contributed by atoms with Gasteiger partial charge in [-0.05, 0) is 41.8 Å². The maximum Gasteiger partial charge on any atom is 0.0484 e. The Morgan fingerprint density at radius 2 is 1.86 bits per heavy atom. The van der Waals surface area contributed by atoms with Gasteiger partial charge < -0.3 is 4.90 Å². The van der Waals surface area contributed by atoms with Crippen LogP contribution in [0.3, 0.4) is 0 Å². The zero-order chi connectivity index (χ0) is 15.2. The third-order valence-corrected chi connectivity index (χ3v) is 3.88. The monoisotopic (exact) mass is 297 g/mol. The molecule has 0 heterocycles. The molecule has 108 valence electrons. The van der Waals surface area contributed by atoms with Crippen LogP contribution in [0, 0.1) is 0 Å². The van der Waals surface area contributed by atoms with Crippen molar-refractivity contribution >= 4 is 29.4 Å². The second-order valence-electron chi connectivity index (χ2n) is 4.83. The lowest BCUT2D eigenvalue weighted by Crippen LogP contribution is -2.15. The Morgan fingerprint density at radius 3 is 2.48 bits per heavy atom. The molecule has 0 spiro atoms. The van der Waals surface area contributed by atoms with E-state index in [4.69, 9.17) is 11.6 Å². The van der Waals surface area contributed by atoms with E-state index in [-0.39, 0.29) is 0 Å². The second-order valence-corrected chi connectivity index (χ2v) is 5.24. The summed E-state index contributed by atoms with van der Waals surface area (Å²) in [5.74, 6) is 0. The van der Waals surface area contributed by atoms with Gasteiger partial charge in [-0.25, -0.2) is 0 Å². The summed E-state index contributed by atoms with van der Waals surface area (Å²) in [7, 11) is 2.09. The van der Waals surface area contributed by atoms with Crippen molar-refractivity contribution in [1.82, 2.24) is 0 Å². The van der Waals surface area contributed by atoms with Crippen molar-refractivity contribution in [3.05, 3.63) is 77.0 Å². The Balaban J connectivity index is 2.42. The van der Waals surface area contributed by atoms with Gasteiger partial charge in [0.15, 0.2) is 0 Å². The molecule has 0 atom stereocenters. The second kappa shape index (κ2) is 7.14. The maximum absolute atomic E-state index is 6.24. The molecule has 0 amide bonds. The van der Waals surface area contributed by atoms with E-state index in [0.717, 1.165) is 22.6 Å². The van der Waals surface area contributed by atoms with E-state index >= 15 is 0 Å². The average Bonchev–Trinajstić information content (AvgIpc) is 2.53. The Hall–Kier alpha value is -1.99. The summed E-state index contributed by atoms with van der Waals surface area (Å²) < 4.78 is 0. The van der Waals surface area contributed by atoms with Gasteiger partial charge in [0.2, 0.25) is 0 Å². The topological polar surface area (TPSA) is 3.24 Å². The first-order valence-corrected chi connectivity index (χ1v) is 7.45. The molecule has 1 nitrogen and oxygen atoms in total. The van der Waals surface area contributed by atoms with Crippen LogP contribution in [0.15, 0.2) is 60.8 Å². The Kier molecular flexibility index (Phi) is 5.24. The Labute approximate surface area is 132 Å². The summed E-state index contributed by atoms with van der Waals surface area (Å²) >= 11 is 6.24. The van der Waals surface area contributed by atoms with Crippen LogP contribution < -0.4 is 4.90 Å². The number of benzene rings is 2. The van der Waals surface area contributed by atoms with Crippen LogP contribution in [0.5, 0.6) is 0 Å². The zero-order valence-electron chi connectivity index (χ0n) is 12.5. The van der Waals surface area contributed by atoms with Gasteiger partial charge in [0, 0.05) is 23.5 Å². The van der Waals surface area contributed by atoms with Crippen LogP contribution in [-0.4, -0.2) is 7.05 Å². The van der Waals surface area contributed by atoms with Crippen molar-refractivity contribution in [2.24, 2.45) is 0 Å². The lowest BCUT2D eigenvalue weighted by molar-refractivity contribution is 0.988. The molecule has 0 fully saturated rings. The number of hydrogen-bond donors (Lipinski definition) is 0. The number of anilines is 1. The molecule has 0 bridgehead atoms. The van der Waals surface area contributed by atoms with Gasteiger partial charge in [0.05, 0.1) is 0 Å². The number of hydrogen-bond acceptors (Lipinski definition) is 1. The summed E-state index contributed by atoms with van der Waals surface area (Å²) in [6.07, 6.45) is 4.92. The highest BCUT2D eigenvalue weighted by Gasteiger charge is 2.07. The number of halogens is 1. The van der Waals surface area contributed by atoms with Crippen LogP contribution in [-0.2, 0) is 0 Å². The summed E-state index contributed by atoms with van der Waals surface area (Å²) in [5, 5.41) is 0.733. The lowest BCUT2D eigenvalue weighted by atomic mass is 10.1. The molecule has 0 aliphatic carbocycles. The minimum absolute atomic E-state index is 0.733. The highest BCUT2D eigenvalue weighted by Crippen LogP contribution is 2.26. The predicted octanol–water partition coefficient (Wildman–Crippen LogP) is 5.87. The number of allylic oxidation sites excluding steroid dienone is 1. The molecule has 0 unspecified atom stereocenters. The third-order valence-electron chi connectivity index (χ3n) is 3.55. The Morgan fingerprint density at radius 1 is 1.14 bits per heavy atom. The first-order valence-electron chi connectivity index (χ1n) is 7.07. The van der Waals surface area contributed by atoms with Gasteiger partial charge in [-0.15, -0.1) is 0 Å². The van der Waals surface area contributed by atoms with Crippen LogP contribution in [0.2, 0.25) is 5.02 Å². The number of para-hydroxylation sites is 1. The van der Waals surface area contributed by atoms with Gasteiger partial charge in [0.1, 0.15) is 0 Å². The van der Waals surface area contributed by atoms with Gasteiger partial charge in [-0.2, -0.15) is 0 Å². The van der Waals surface area contributed by atoms with E-state index in [1.54, 1.807) is 0 Å². The van der Waals surface area contributed by atoms with Crippen molar-refractivity contribution in [2.75, 3.05) is 11.9 Å². The Bertz CT molecular complexity index is 644. The molecule has 21 heavy (non-hydrogen) atoms. The molecule has 0 aliphatic heterocycles. The van der Waals surface area contributed by atoms with Crippen LogP contribution in [0.4, 0.5) is 5.69 Å². The van der Waals surface area contributed by atoms with Crippen LogP contribution in [0.1, 0.15) is 24.5 Å². The van der Waals surface area contributed by atoms with Gasteiger partial charge >= 0.3 is 0 Å². The fourth-order valence-electron chi connectivity index (χ4n) is 2.33. The van der Waals surface area contributed by atoms with E-state index in [1.807, 2.05) is 36.4 Å². The molecule has 0 saturated heterocycles. The minimum atomic E-state index is 0.733. The highest BCUT2D eigenvalue weighted by atomic mass is 35.5. The van der Waals surface area contributed by atoms with Crippen molar-refractivity contribution in [2.45, 2.75) is 13.3 Å². The summed E-state index contributed by atoms with van der Waals surface area (Å²) in [6, 6.07) is 16.3. The standard InChI is InChI=1S/C19H20ClN/c1-4-16(21(3)17-11-7-6-8-12-17)14-15-10-9-13-19(20)18(15)5-2/h5-14H,2,4H2,1,3H3/b16-14-. The average molecular weight is 298 g/mol. The zero-order valence-corrected chi connectivity index (χ0v) is 13.3. The van der Waals surface area contributed by atoms with E-state index in [9.17, 15) is 0 Å². The number of nitrogens with zero attached hydrogens (tertiary/aromatic N) is 1. The fourth-order valence-corrected chi connectivity index (χ4v) is 2.59. The van der Waals surface area contributed by atoms with Crippen molar-refractivity contribution in [3.8, 4) is 0 Å². The van der Waals surface area contributed by atoms with Crippen LogP contribution >= 0.6 is 11.6 Å². The van der Waals surface area contributed by atoms with Gasteiger partial charge in [-0.1, -0.05) is 61.5 Å². The molecule has 2 aromatic carbocycles. The quantitative estimate of drug-likeness (QED) is 0.667. The lowest BCUT2D eigenvalue weighted by Gasteiger charge is -2.22. The molecule has 2 rings (SSSR count). The summed E-state index contributed by atoms with van der Waals surface area (Å²) in [5.41, 5.74) is 4.48. The normalized spacial score (nSPS) is 11.3. The van der Waals surface area contributed by atoms with Crippen molar-refractivity contribution in [3.63, 3.8) is 0 Å². The minimum Gasteiger partial charge on any atom is -0.348 e. The molecular weight excluding hydrogens is 278 g/mol.